The third kappa shape index (κ3) is 6.27. The molecule has 10 nitrogen and oxygen atoms in total. The van der Waals surface area contributed by atoms with Crippen LogP contribution in [0.3, 0.4) is 0 Å². The summed E-state index contributed by atoms with van der Waals surface area (Å²) in [6.07, 6.45) is -0.139. The molecule has 0 bridgehead atoms. The molecular weight excluding hydrogens is 414 g/mol. The van der Waals surface area contributed by atoms with Gasteiger partial charge in [0, 0.05) is 45.0 Å². The van der Waals surface area contributed by atoms with Gasteiger partial charge in [0.25, 0.3) is 0 Å². The van der Waals surface area contributed by atoms with Crippen LogP contribution < -0.4 is 10.6 Å². The first kappa shape index (κ1) is 23.7. The molecule has 2 N–H and O–H groups in total. The number of rotatable bonds is 7. The Balaban J connectivity index is 1.57. The van der Waals surface area contributed by atoms with Crippen molar-refractivity contribution < 1.29 is 23.9 Å². The summed E-state index contributed by atoms with van der Waals surface area (Å²) >= 11 is 0. The first-order valence-electron chi connectivity index (χ1n) is 10.9. The molecule has 3 amide bonds. The Morgan fingerprint density at radius 2 is 1.78 bits per heavy atom. The minimum absolute atomic E-state index is 0.138. The molecule has 32 heavy (non-hydrogen) atoms. The van der Waals surface area contributed by atoms with Gasteiger partial charge in [-0.15, -0.1) is 0 Å². The average Bonchev–Trinajstić information content (AvgIpc) is 2.77. The molecule has 174 valence electrons. The van der Waals surface area contributed by atoms with Gasteiger partial charge in [0.05, 0.1) is 25.1 Å². The lowest BCUT2D eigenvalue weighted by Crippen LogP contribution is -2.60. The summed E-state index contributed by atoms with van der Waals surface area (Å²) in [5.74, 6) is -1.27. The maximum Gasteiger partial charge on any atom is 0.338 e. The van der Waals surface area contributed by atoms with Crippen molar-refractivity contribution in [2.24, 2.45) is 0 Å². The van der Waals surface area contributed by atoms with Crippen LogP contribution in [-0.2, 0) is 19.1 Å². The number of nitrogens with zero attached hydrogens (tertiary/aromatic N) is 3. The van der Waals surface area contributed by atoms with Gasteiger partial charge in [0.2, 0.25) is 17.7 Å². The molecule has 0 saturated carbocycles. The van der Waals surface area contributed by atoms with E-state index >= 15 is 0 Å². The Labute approximate surface area is 187 Å². The van der Waals surface area contributed by atoms with Crippen molar-refractivity contribution in [3.05, 3.63) is 29.8 Å². The molecule has 1 aromatic carbocycles. The second kappa shape index (κ2) is 11.1. The van der Waals surface area contributed by atoms with Crippen molar-refractivity contribution in [2.75, 3.05) is 64.8 Å². The number of hydrogen-bond acceptors (Lipinski definition) is 7. The number of esters is 1. The Bertz CT molecular complexity index is 836. The van der Waals surface area contributed by atoms with E-state index in [1.54, 1.807) is 31.2 Å². The number of ether oxygens (including phenoxy) is 1. The number of piperazine rings is 2. The number of hydrogen-bond donors (Lipinski definition) is 2. The fourth-order valence-corrected chi connectivity index (χ4v) is 3.80. The summed E-state index contributed by atoms with van der Waals surface area (Å²) in [7, 11) is 2.05. The van der Waals surface area contributed by atoms with Gasteiger partial charge >= 0.3 is 5.97 Å². The summed E-state index contributed by atoms with van der Waals surface area (Å²) in [4.78, 5) is 55.5. The van der Waals surface area contributed by atoms with Crippen LogP contribution in [0.4, 0.5) is 5.69 Å². The Morgan fingerprint density at radius 1 is 1.09 bits per heavy atom. The van der Waals surface area contributed by atoms with Crippen molar-refractivity contribution in [1.29, 1.82) is 0 Å². The minimum Gasteiger partial charge on any atom is -0.462 e. The highest BCUT2D eigenvalue weighted by atomic mass is 16.5. The average molecular weight is 446 g/mol. The SMILES string of the molecule is CCOC(=O)c1ccc(NC(=O)C[C@H]2C(=O)NCCN2C(=O)CN2CCN(C)CC2)cc1. The number of anilines is 1. The van der Waals surface area contributed by atoms with E-state index < -0.39 is 12.0 Å². The minimum atomic E-state index is -0.845. The molecule has 2 fully saturated rings. The van der Waals surface area contributed by atoms with Crippen molar-refractivity contribution in [1.82, 2.24) is 20.0 Å². The standard InChI is InChI=1S/C22H31N5O5/c1-3-32-22(31)16-4-6-17(7-5-16)24-19(28)14-18-21(30)23-8-9-27(18)20(29)15-26-12-10-25(2)11-13-26/h4-7,18H,3,8-15H2,1-2H3,(H,23,30)(H,24,28)/t18-/m0/s1. The monoisotopic (exact) mass is 445 g/mol. The molecule has 2 saturated heterocycles. The predicted octanol–water partition coefficient (Wildman–Crippen LogP) is -0.234. The molecule has 2 aliphatic heterocycles. The Morgan fingerprint density at radius 3 is 2.44 bits per heavy atom. The highest BCUT2D eigenvalue weighted by Gasteiger charge is 2.35. The largest absolute Gasteiger partial charge is 0.462 e. The molecule has 3 rings (SSSR count). The van der Waals surface area contributed by atoms with Crippen molar-refractivity contribution in [3.63, 3.8) is 0 Å². The lowest BCUT2D eigenvalue weighted by molar-refractivity contribution is -0.145. The molecule has 0 aromatic heterocycles. The van der Waals surface area contributed by atoms with Crippen LogP contribution in [0.25, 0.3) is 0 Å². The first-order chi connectivity index (χ1) is 15.4. The molecular formula is C22H31N5O5. The Kier molecular flexibility index (Phi) is 8.18. The first-order valence-corrected chi connectivity index (χ1v) is 10.9. The molecule has 2 aliphatic rings. The number of likely N-dealkylation sites (N-methyl/N-ethyl adjacent to an activating group) is 1. The van der Waals surface area contributed by atoms with Crippen LogP contribution in [0.5, 0.6) is 0 Å². The van der Waals surface area contributed by atoms with E-state index in [9.17, 15) is 19.2 Å². The maximum absolute atomic E-state index is 12.9. The van der Waals surface area contributed by atoms with Gasteiger partial charge < -0.3 is 25.2 Å². The normalized spacial score (nSPS) is 19.9. The van der Waals surface area contributed by atoms with Gasteiger partial charge in [-0.1, -0.05) is 0 Å². The van der Waals surface area contributed by atoms with E-state index in [1.165, 1.54) is 4.90 Å². The van der Waals surface area contributed by atoms with Crippen molar-refractivity contribution in [2.45, 2.75) is 19.4 Å². The molecule has 1 aromatic rings. The van der Waals surface area contributed by atoms with E-state index in [0.717, 1.165) is 26.2 Å². The van der Waals surface area contributed by atoms with Crippen molar-refractivity contribution >= 4 is 29.4 Å². The summed E-state index contributed by atoms with van der Waals surface area (Å²) in [5, 5.41) is 5.47. The molecule has 0 unspecified atom stereocenters. The molecule has 1 atom stereocenters. The smallest absolute Gasteiger partial charge is 0.338 e. The summed E-state index contributed by atoms with van der Waals surface area (Å²) in [6, 6.07) is 5.48. The number of carbonyl (C=O) groups excluding carboxylic acids is 4. The van der Waals surface area contributed by atoms with Crippen molar-refractivity contribution in [3.8, 4) is 0 Å². The van der Waals surface area contributed by atoms with Crippen LogP contribution >= 0.6 is 0 Å². The quantitative estimate of drug-likeness (QED) is 0.558. The van der Waals surface area contributed by atoms with E-state index in [-0.39, 0.29) is 37.3 Å². The second-order valence-corrected chi connectivity index (χ2v) is 8.02. The zero-order chi connectivity index (χ0) is 23.1. The topological polar surface area (TPSA) is 111 Å². The highest BCUT2D eigenvalue weighted by molar-refractivity contribution is 5.98. The lowest BCUT2D eigenvalue weighted by atomic mass is 10.1. The maximum atomic E-state index is 12.9. The lowest BCUT2D eigenvalue weighted by Gasteiger charge is -2.37. The van der Waals surface area contributed by atoms with Gasteiger partial charge in [0.1, 0.15) is 6.04 Å². The molecule has 10 heteroatoms. The van der Waals surface area contributed by atoms with Crippen LogP contribution in [0.1, 0.15) is 23.7 Å². The molecule has 2 heterocycles. The molecule has 0 aliphatic carbocycles. The van der Waals surface area contributed by atoms with Crippen LogP contribution in [0.15, 0.2) is 24.3 Å². The molecule has 0 radical (unpaired) electrons. The number of benzene rings is 1. The fraction of sp³-hybridized carbons (Fsp3) is 0.545. The van der Waals surface area contributed by atoms with Gasteiger partial charge in [-0.2, -0.15) is 0 Å². The predicted molar refractivity (Wildman–Crippen MR) is 118 cm³/mol. The van der Waals surface area contributed by atoms with Gasteiger partial charge in [-0.3, -0.25) is 19.3 Å². The Hall–Kier alpha value is -2.98. The number of nitrogens with one attached hydrogen (secondary N) is 2. The zero-order valence-corrected chi connectivity index (χ0v) is 18.6. The number of amides is 3. The fourth-order valence-electron chi connectivity index (χ4n) is 3.80. The van der Waals surface area contributed by atoms with Crippen LogP contribution in [0.2, 0.25) is 0 Å². The summed E-state index contributed by atoms with van der Waals surface area (Å²) < 4.78 is 4.94. The van der Waals surface area contributed by atoms with Gasteiger partial charge in [-0.05, 0) is 38.2 Å². The third-order valence-electron chi connectivity index (χ3n) is 5.66. The van der Waals surface area contributed by atoms with E-state index in [4.69, 9.17) is 4.74 Å². The van der Waals surface area contributed by atoms with E-state index in [2.05, 4.69) is 20.4 Å². The van der Waals surface area contributed by atoms with Gasteiger partial charge in [-0.25, -0.2) is 4.79 Å². The van der Waals surface area contributed by atoms with Crippen LogP contribution in [-0.4, -0.2) is 104 Å². The summed E-state index contributed by atoms with van der Waals surface area (Å²) in [5.41, 5.74) is 0.881. The van der Waals surface area contributed by atoms with E-state index in [1.807, 2.05) is 7.05 Å². The molecule has 0 spiro atoms. The summed E-state index contributed by atoms with van der Waals surface area (Å²) in [6.45, 7) is 6.41. The zero-order valence-electron chi connectivity index (χ0n) is 18.6. The second-order valence-electron chi connectivity index (χ2n) is 8.02. The third-order valence-corrected chi connectivity index (χ3v) is 5.66. The highest BCUT2D eigenvalue weighted by Crippen LogP contribution is 2.15. The van der Waals surface area contributed by atoms with Gasteiger partial charge in [0.15, 0.2) is 0 Å². The number of carbonyl (C=O) groups is 4. The van der Waals surface area contributed by atoms with Crippen LogP contribution in [0, 0.1) is 0 Å². The van der Waals surface area contributed by atoms with E-state index in [0.29, 0.717) is 24.3 Å².